The lowest BCUT2D eigenvalue weighted by Crippen LogP contribution is -2.34. The molecule has 0 saturated carbocycles. The molecule has 0 bridgehead atoms. The van der Waals surface area contributed by atoms with Crippen molar-refractivity contribution in [3.63, 3.8) is 0 Å². The van der Waals surface area contributed by atoms with Crippen molar-refractivity contribution < 1.29 is 12.8 Å². The minimum absolute atomic E-state index is 0.0442. The molecule has 1 unspecified atom stereocenters. The van der Waals surface area contributed by atoms with E-state index < -0.39 is 10.0 Å². The Morgan fingerprint density at radius 3 is 2.71 bits per heavy atom. The Hall–Kier alpha value is -0.820. The van der Waals surface area contributed by atoms with Crippen LogP contribution in [0.1, 0.15) is 17.6 Å². The average Bonchev–Trinajstić information content (AvgIpc) is 3.10. The van der Waals surface area contributed by atoms with Crippen LogP contribution in [0.15, 0.2) is 40.3 Å². The Bertz CT molecular complexity index is 587. The normalized spacial score (nSPS) is 13.7. The summed E-state index contributed by atoms with van der Waals surface area (Å²) in [4.78, 5) is 1.00. The van der Waals surface area contributed by atoms with Crippen molar-refractivity contribution in [2.75, 3.05) is 11.6 Å². The molecule has 0 saturated heterocycles. The number of hydrogen-bond acceptors (Lipinski definition) is 4. The standard InChI is InChI=1S/C14H18ClNO3S2/c1-12(8-15)11-21(17,18)16(9-13-4-2-6-19-13)10-14-5-3-7-20-14/h2-7,12H,8-11H2,1H3. The van der Waals surface area contributed by atoms with E-state index in [2.05, 4.69) is 0 Å². The van der Waals surface area contributed by atoms with Crippen molar-refractivity contribution in [2.24, 2.45) is 5.92 Å². The molecule has 0 aliphatic carbocycles. The third-order valence-corrected chi connectivity index (χ3v) is 6.40. The highest BCUT2D eigenvalue weighted by atomic mass is 35.5. The van der Waals surface area contributed by atoms with Crippen molar-refractivity contribution in [2.45, 2.75) is 20.0 Å². The molecule has 2 rings (SSSR count). The van der Waals surface area contributed by atoms with E-state index >= 15 is 0 Å². The van der Waals surface area contributed by atoms with Gasteiger partial charge < -0.3 is 4.42 Å². The fraction of sp³-hybridized carbons (Fsp3) is 0.429. The summed E-state index contributed by atoms with van der Waals surface area (Å²) in [6.07, 6.45) is 1.55. The second-order valence-electron chi connectivity index (χ2n) is 4.96. The van der Waals surface area contributed by atoms with Crippen LogP contribution in [-0.4, -0.2) is 24.4 Å². The number of nitrogens with zero attached hydrogens (tertiary/aromatic N) is 1. The maximum atomic E-state index is 12.6. The summed E-state index contributed by atoms with van der Waals surface area (Å²) in [6.45, 7) is 2.43. The molecular weight excluding hydrogens is 330 g/mol. The molecule has 0 aromatic carbocycles. The molecule has 2 aromatic rings. The number of halogens is 1. The van der Waals surface area contributed by atoms with Gasteiger partial charge in [0.1, 0.15) is 5.76 Å². The third kappa shape index (κ3) is 4.85. The third-order valence-electron chi connectivity index (χ3n) is 2.98. The van der Waals surface area contributed by atoms with Crippen molar-refractivity contribution in [3.05, 3.63) is 46.5 Å². The van der Waals surface area contributed by atoms with Crippen molar-refractivity contribution in [1.29, 1.82) is 0 Å². The average molecular weight is 348 g/mol. The molecule has 1 atom stereocenters. The van der Waals surface area contributed by atoms with E-state index in [-0.39, 0.29) is 18.2 Å². The summed E-state index contributed by atoms with van der Waals surface area (Å²) in [6, 6.07) is 7.38. The van der Waals surface area contributed by atoms with Gasteiger partial charge >= 0.3 is 0 Å². The molecule has 0 fully saturated rings. The molecule has 0 N–H and O–H groups in total. The van der Waals surface area contributed by atoms with Crippen molar-refractivity contribution in [3.8, 4) is 0 Å². The van der Waals surface area contributed by atoms with Crippen molar-refractivity contribution in [1.82, 2.24) is 4.31 Å². The van der Waals surface area contributed by atoms with E-state index in [1.807, 2.05) is 24.4 Å². The van der Waals surface area contributed by atoms with Gasteiger partial charge in [0.25, 0.3) is 0 Å². The van der Waals surface area contributed by atoms with Crippen LogP contribution in [0.25, 0.3) is 0 Å². The number of furan rings is 1. The van der Waals surface area contributed by atoms with Gasteiger partial charge in [0.15, 0.2) is 0 Å². The highest BCUT2D eigenvalue weighted by Crippen LogP contribution is 2.19. The fourth-order valence-electron chi connectivity index (χ4n) is 1.91. The molecule has 0 radical (unpaired) electrons. The van der Waals surface area contributed by atoms with E-state index in [0.717, 1.165) is 4.88 Å². The first-order chi connectivity index (χ1) is 10.0. The molecule has 0 amide bonds. The zero-order chi connectivity index (χ0) is 15.3. The zero-order valence-electron chi connectivity index (χ0n) is 11.7. The van der Waals surface area contributed by atoms with Crippen molar-refractivity contribution >= 4 is 33.0 Å². The van der Waals surface area contributed by atoms with Gasteiger partial charge in [-0.3, -0.25) is 0 Å². The van der Waals surface area contributed by atoms with Crippen LogP contribution in [0.5, 0.6) is 0 Å². The first-order valence-electron chi connectivity index (χ1n) is 6.60. The van der Waals surface area contributed by atoms with E-state index in [0.29, 0.717) is 18.2 Å². The number of thiophene rings is 1. The first-order valence-corrected chi connectivity index (χ1v) is 9.62. The van der Waals surface area contributed by atoms with Crippen LogP contribution in [0.4, 0.5) is 0 Å². The van der Waals surface area contributed by atoms with Gasteiger partial charge in [0.2, 0.25) is 10.0 Å². The summed E-state index contributed by atoms with van der Waals surface area (Å²) in [7, 11) is -3.39. The van der Waals surface area contributed by atoms with Gasteiger partial charge in [-0.25, -0.2) is 8.42 Å². The van der Waals surface area contributed by atoms with Gasteiger partial charge in [0.05, 0.1) is 18.6 Å². The molecule has 21 heavy (non-hydrogen) atoms. The van der Waals surface area contributed by atoms with E-state index in [9.17, 15) is 8.42 Å². The number of alkyl halides is 1. The molecule has 0 spiro atoms. The highest BCUT2D eigenvalue weighted by molar-refractivity contribution is 7.89. The molecule has 2 heterocycles. The summed E-state index contributed by atoms with van der Waals surface area (Å²) in [5.41, 5.74) is 0. The lowest BCUT2D eigenvalue weighted by molar-refractivity contribution is 0.358. The van der Waals surface area contributed by atoms with E-state index in [1.54, 1.807) is 29.7 Å². The maximum absolute atomic E-state index is 12.6. The molecule has 116 valence electrons. The highest BCUT2D eigenvalue weighted by Gasteiger charge is 2.25. The number of rotatable bonds is 8. The van der Waals surface area contributed by atoms with Crippen LogP contribution in [0, 0.1) is 5.92 Å². The second kappa shape index (κ2) is 7.45. The van der Waals surface area contributed by atoms with Crippen LogP contribution < -0.4 is 0 Å². The van der Waals surface area contributed by atoms with Crippen LogP contribution in [0.3, 0.4) is 0 Å². The quantitative estimate of drug-likeness (QED) is 0.686. The molecule has 4 nitrogen and oxygen atoms in total. The van der Waals surface area contributed by atoms with Gasteiger partial charge in [-0.2, -0.15) is 4.31 Å². The predicted molar refractivity (Wildman–Crippen MR) is 85.9 cm³/mol. The minimum Gasteiger partial charge on any atom is -0.468 e. The fourth-order valence-corrected chi connectivity index (χ4v) is 4.66. The summed E-state index contributed by atoms with van der Waals surface area (Å²) in [5.74, 6) is 0.919. The second-order valence-corrected chi connectivity index (χ2v) is 8.32. The van der Waals surface area contributed by atoms with Gasteiger partial charge in [-0.05, 0) is 29.5 Å². The lowest BCUT2D eigenvalue weighted by atomic mass is 10.3. The van der Waals surface area contributed by atoms with Crippen LogP contribution >= 0.6 is 22.9 Å². The van der Waals surface area contributed by atoms with E-state index in [4.69, 9.17) is 16.0 Å². The van der Waals surface area contributed by atoms with Gasteiger partial charge in [0, 0.05) is 17.3 Å². The first kappa shape index (κ1) is 16.5. The number of hydrogen-bond donors (Lipinski definition) is 0. The number of sulfonamides is 1. The summed E-state index contributed by atoms with van der Waals surface area (Å²) < 4.78 is 31.9. The van der Waals surface area contributed by atoms with Crippen LogP contribution in [0.2, 0.25) is 0 Å². The maximum Gasteiger partial charge on any atom is 0.215 e. The van der Waals surface area contributed by atoms with Gasteiger partial charge in [-0.1, -0.05) is 13.0 Å². The smallest absolute Gasteiger partial charge is 0.215 e. The topological polar surface area (TPSA) is 50.5 Å². The zero-order valence-corrected chi connectivity index (χ0v) is 14.1. The van der Waals surface area contributed by atoms with Crippen LogP contribution in [-0.2, 0) is 23.1 Å². The summed E-state index contributed by atoms with van der Waals surface area (Å²) >= 11 is 7.29. The Morgan fingerprint density at radius 1 is 1.33 bits per heavy atom. The Morgan fingerprint density at radius 2 is 2.14 bits per heavy atom. The monoisotopic (exact) mass is 347 g/mol. The Kier molecular flexibility index (Phi) is 5.87. The Balaban J connectivity index is 2.17. The largest absolute Gasteiger partial charge is 0.468 e. The minimum atomic E-state index is -3.39. The Labute approximate surface area is 134 Å². The molecule has 7 heteroatoms. The summed E-state index contributed by atoms with van der Waals surface area (Å²) in [5, 5.41) is 1.94. The van der Waals surface area contributed by atoms with E-state index in [1.165, 1.54) is 4.31 Å². The van der Waals surface area contributed by atoms with Gasteiger partial charge in [-0.15, -0.1) is 22.9 Å². The molecule has 0 aliphatic rings. The molecule has 2 aromatic heterocycles. The SMILES string of the molecule is CC(CCl)CS(=O)(=O)N(Cc1ccco1)Cc1cccs1. The molecule has 0 aliphatic heterocycles. The lowest BCUT2D eigenvalue weighted by Gasteiger charge is -2.22. The predicted octanol–water partition coefficient (Wildman–Crippen LogP) is 3.55. The molecular formula is C14H18ClNO3S2.